The Labute approximate surface area is 136 Å². The summed E-state index contributed by atoms with van der Waals surface area (Å²) in [7, 11) is 0. The lowest BCUT2D eigenvalue weighted by Crippen LogP contribution is -2.39. The van der Waals surface area contributed by atoms with Crippen LogP contribution in [0.3, 0.4) is 0 Å². The summed E-state index contributed by atoms with van der Waals surface area (Å²) in [5.41, 5.74) is 2.74. The van der Waals surface area contributed by atoms with E-state index in [1.807, 2.05) is 0 Å². The molecule has 1 unspecified atom stereocenters. The van der Waals surface area contributed by atoms with E-state index in [9.17, 15) is 9.59 Å². The maximum Gasteiger partial charge on any atom is 0.293 e. The van der Waals surface area contributed by atoms with Crippen LogP contribution in [0.15, 0.2) is 32.4 Å². The van der Waals surface area contributed by atoms with Gasteiger partial charge in [0.1, 0.15) is 5.71 Å². The molecule has 1 saturated heterocycles. The maximum atomic E-state index is 12.4. The Morgan fingerprint density at radius 1 is 1.38 bits per heavy atom. The van der Waals surface area contributed by atoms with Gasteiger partial charge in [-0.05, 0) is 18.6 Å². The van der Waals surface area contributed by atoms with E-state index in [1.54, 1.807) is 23.3 Å². The van der Waals surface area contributed by atoms with Crippen LogP contribution in [-0.4, -0.2) is 45.7 Å². The molecule has 4 heterocycles. The number of nitrogens with one attached hydrogen (secondary N) is 1. The molecule has 124 valence electrons. The molecule has 9 heteroatoms. The molecule has 1 N–H and O–H groups in total. The molecule has 0 saturated carbocycles. The van der Waals surface area contributed by atoms with Crippen LogP contribution in [0.5, 0.6) is 0 Å². The van der Waals surface area contributed by atoms with Crippen molar-refractivity contribution in [1.82, 2.24) is 20.5 Å². The van der Waals surface area contributed by atoms with Gasteiger partial charge in [0.25, 0.3) is 11.8 Å². The quantitative estimate of drug-likeness (QED) is 0.895. The number of nitrogens with zero attached hydrogens (tertiary/aromatic N) is 4. The monoisotopic (exact) mass is 329 g/mol. The van der Waals surface area contributed by atoms with Gasteiger partial charge in [0, 0.05) is 31.8 Å². The Balaban J connectivity index is 1.43. The average Bonchev–Trinajstić information content (AvgIpc) is 3.33. The standard InChI is InChI=1S/C15H15N5O4/c21-12-4-3-10(17-18-12)15(22)20-6-5-9(8-20)13-16-14(24-19-13)11-2-1-7-23-11/h1-2,7,9H,3-6,8H2,(H,18,21). The Morgan fingerprint density at radius 3 is 3.04 bits per heavy atom. The minimum absolute atomic E-state index is 0.0141. The van der Waals surface area contributed by atoms with Crippen LogP contribution >= 0.6 is 0 Å². The van der Waals surface area contributed by atoms with Gasteiger partial charge >= 0.3 is 0 Å². The largest absolute Gasteiger partial charge is 0.459 e. The molecule has 0 aromatic carbocycles. The maximum absolute atomic E-state index is 12.4. The van der Waals surface area contributed by atoms with Crippen molar-refractivity contribution in [3.05, 3.63) is 24.2 Å². The lowest BCUT2D eigenvalue weighted by molar-refractivity contribution is -0.123. The van der Waals surface area contributed by atoms with Gasteiger partial charge in [-0.3, -0.25) is 9.59 Å². The number of amides is 2. The van der Waals surface area contributed by atoms with Gasteiger partial charge in [-0.25, -0.2) is 5.43 Å². The van der Waals surface area contributed by atoms with Gasteiger partial charge in [-0.15, -0.1) is 0 Å². The third kappa shape index (κ3) is 2.68. The molecule has 4 rings (SSSR count). The number of hydrazone groups is 1. The topological polar surface area (TPSA) is 114 Å². The zero-order valence-corrected chi connectivity index (χ0v) is 12.8. The van der Waals surface area contributed by atoms with Crippen molar-refractivity contribution in [1.29, 1.82) is 0 Å². The van der Waals surface area contributed by atoms with Crippen molar-refractivity contribution in [3.8, 4) is 11.7 Å². The lowest BCUT2D eigenvalue weighted by Gasteiger charge is -2.18. The molecule has 9 nitrogen and oxygen atoms in total. The number of rotatable bonds is 3. The van der Waals surface area contributed by atoms with Gasteiger partial charge in [-0.2, -0.15) is 10.1 Å². The van der Waals surface area contributed by atoms with Gasteiger partial charge in [-0.1, -0.05) is 5.16 Å². The molecule has 2 aromatic rings. The fraction of sp³-hybridized carbons (Fsp3) is 0.400. The third-order valence-corrected chi connectivity index (χ3v) is 4.17. The van der Waals surface area contributed by atoms with Crippen molar-refractivity contribution < 1.29 is 18.5 Å². The second kappa shape index (κ2) is 5.91. The first kappa shape index (κ1) is 14.6. The number of carbonyl (C=O) groups is 2. The molecule has 2 aromatic heterocycles. The Morgan fingerprint density at radius 2 is 2.29 bits per heavy atom. The summed E-state index contributed by atoms with van der Waals surface area (Å²) in [6.45, 7) is 1.10. The summed E-state index contributed by atoms with van der Waals surface area (Å²) in [4.78, 5) is 29.6. The van der Waals surface area contributed by atoms with Crippen LogP contribution in [0.2, 0.25) is 0 Å². The van der Waals surface area contributed by atoms with Crippen molar-refractivity contribution in [2.24, 2.45) is 5.10 Å². The number of aromatic nitrogens is 2. The fourth-order valence-corrected chi connectivity index (χ4v) is 2.87. The molecule has 0 spiro atoms. The first-order valence-electron chi connectivity index (χ1n) is 7.73. The highest BCUT2D eigenvalue weighted by Gasteiger charge is 2.33. The Hall–Kier alpha value is -2.97. The molecule has 2 aliphatic heterocycles. The molecule has 0 radical (unpaired) electrons. The van der Waals surface area contributed by atoms with E-state index in [2.05, 4.69) is 20.7 Å². The van der Waals surface area contributed by atoms with E-state index in [1.165, 1.54) is 0 Å². The molecule has 0 bridgehead atoms. The van der Waals surface area contributed by atoms with E-state index in [0.29, 0.717) is 49.1 Å². The minimum atomic E-state index is -0.164. The first-order valence-corrected chi connectivity index (χ1v) is 7.73. The van der Waals surface area contributed by atoms with Crippen LogP contribution in [0.1, 0.15) is 31.0 Å². The second-order valence-electron chi connectivity index (χ2n) is 5.77. The molecule has 1 atom stereocenters. The number of hydrogen-bond donors (Lipinski definition) is 1. The van der Waals surface area contributed by atoms with Crippen molar-refractivity contribution in [2.75, 3.05) is 13.1 Å². The molecular formula is C15H15N5O4. The molecule has 1 fully saturated rings. The first-order chi connectivity index (χ1) is 11.7. The fourth-order valence-electron chi connectivity index (χ4n) is 2.87. The van der Waals surface area contributed by atoms with E-state index in [-0.39, 0.29) is 17.7 Å². The van der Waals surface area contributed by atoms with Crippen molar-refractivity contribution in [3.63, 3.8) is 0 Å². The normalized spacial score (nSPS) is 20.8. The van der Waals surface area contributed by atoms with E-state index >= 15 is 0 Å². The van der Waals surface area contributed by atoms with Gasteiger partial charge in [0.2, 0.25) is 5.91 Å². The summed E-state index contributed by atoms with van der Waals surface area (Å²) in [5, 5.41) is 7.85. The lowest BCUT2D eigenvalue weighted by atomic mass is 10.1. The van der Waals surface area contributed by atoms with Crippen molar-refractivity contribution >= 4 is 17.5 Å². The number of hydrogen-bond acceptors (Lipinski definition) is 7. The van der Waals surface area contributed by atoms with Crippen LogP contribution in [0.25, 0.3) is 11.7 Å². The van der Waals surface area contributed by atoms with E-state index in [4.69, 9.17) is 8.94 Å². The number of carbonyl (C=O) groups excluding carboxylic acids is 2. The number of likely N-dealkylation sites (tertiary alicyclic amines) is 1. The molecular weight excluding hydrogens is 314 g/mol. The van der Waals surface area contributed by atoms with Crippen LogP contribution < -0.4 is 5.43 Å². The highest BCUT2D eigenvalue weighted by atomic mass is 16.5. The average molecular weight is 329 g/mol. The van der Waals surface area contributed by atoms with E-state index in [0.717, 1.165) is 6.42 Å². The SMILES string of the molecule is O=C1CCC(C(=O)N2CCC(c3noc(-c4ccco4)n3)C2)=NN1. The van der Waals surface area contributed by atoms with Crippen LogP contribution in [0.4, 0.5) is 0 Å². The Bertz CT molecular complexity index is 795. The number of furan rings is 1. The highest BCUT2D eigenvalue weighted by molar-refractivity contribution is 6.39. The molecule has 0 aliphatic carbocycles. The summed E-state index contributed by atoms with van der Waals surface area (Å²) < 4.78 is 10.4. The second-order valence-corrected chi connectivity index (χ2v) is 5.77. The zero-order chi connectivity index (χ0) is 16.5. The zero-order valence-electron chi connectivity index (χ0n) is 12.8. The highest BCUT2D eigenvalue weighted by Crippen LogP contribution is 2.27. The van der Waals surface area contributed by atoms with Crippen molar-refractivity contribution in [2.45, 2.75) is 25.2 Å². The predicted octanol–water partition coefficient (Wildman–Crippen LogP) is 0.911. The molecule has 24 heavy (non-hydrogen) atoms. The molecule has 2 aliphatic rings. The smallest absolute Gasteiger partial charge is 0.293 e. The Kier molecular flexibility index (Phi) is 3.60. The molecule has 2 amide bonds. The summed E-state index contributed by atoms with van der Waals surface area (Å²) in [6.07, 6.45) is 2.96. The summed E-state index contributed by atoms with van der Waals surface area (Å²) >= 11 is 0. The summed E-state index contributed by atoms with van der Waals surface area (Å²) in [5.74, 6) is 1.12. The summed E-state index contributed by atoms with van der Waals surface area (Å²) in [6, 6.07) is 3.50. The van der Waals surface area contributed by atoms with Gasteiger partial charge < -0.3 is 13.8 Å². The van der Waals surface area contributed by atoms with Crippen LogP contribution in [-0.2, 0) is 9.59 Å². The van der Waals surface area contributed by atoms with Gasteiger partial charge in [0.15, 0.2) is 11.6 Å². The predicted molar refractivity (Wildman–Crippen MR) is 80.7 cm³/mol. The third-order valence-electron chi connectivity index (χ3n) is 4.17. The van der Waals surface area contributed by atoms with Crippen LogP contribution in [0, 0.1) is 0 Å². The van der Waals surface area contributed by atoms with E-state index < -0.39 is 0 Å². The van der Waals surface area contributed by atoms with Gasteiger partial charge in [0.05, 0.1) is 6.26 Å². The minimum Gasteiger partial charge on any atom is -0.459 e.